The lowest BCUT2D eigenvalue weighted by molar-refractivity contribution is 0.0508. The second kappa shape index (κ2) is 6.47. The topological polar surface area (TPSA) is 54.9 Å². The van der Waals surface area contributed by atoms with Crippen LogP contribution in [-0.2, 0) is 17.8 Å². The molecule has 0 aromatic carbocycles. The minimum Gasteiger partial charge on any atom is -0.468 e. The number of aryl methyl sites for hydroxylation is 1. The summed E-state index contributed by atoms with van der Waals surface area (Å²) in [6, 6.07) is 6.00. The second-order valence-corrected chi connectivity index (χ2v) is 6.61. The van der Waals surface area contributed by atoms with Gasteiger partial charge in [-0.15, -0.1) is 0 Å². The number of furan rings is 1. The highest BCUT2D eigenvalue weighted by Crippen LogP contribution is 2.25. The van der Waals surface area contributed by atoms with Crippen LogP contribution in [-0.4, -0.2) is 53.8 Å². The maximum atomic E-state index is 6.09. The Morgan fingerprint density at radius 2 is 2.13 bits per heavy atom. The van der Waals surface area contributed by atoms with Gasteiger partial charge in [0.05, 0.1) is 31.2 Å². The minimum atomic E-state index is 0.324. The third-order valence-electron chi connectivity index (χ3n) is 4.71. The first-order valence-corrected chi connectivity index (χ1v) is 8.27. The molecule has 0 unspecified atom stereocenters. The number of hydrogen-bond donors (Lipinski definition) is 0. The fourth-order valence-corrected chi connectivity index (χ4v) is 3.66. The Morgan fingerprint density at radius 3 is 2.91 bits per heavy atom. The van der Waals surface area contributed by atoms with Crippen LogP contribution < -0.4 is 0 Å². The van der Waals surface area contributed by atoms with E-state index in [-0.39, 0.29) is 0 Å². The summed E-state index contributed by atoms with van der Waals surface area (Å²) in [4.78, 5) is 4.86. The highest BCUT2D eigenvalue weighted by molar-refractivity contribution is 5.04. The molecule has 0 aliphatic carbocycles. The van der Waals surface area contributed by atoms with Crippen molar-refractivity contribution in [1.29, 1.82) is 0 Å². The standard InChI is InChI=1S/C17H23N3O3/c1-13-7-15(18-23-13)10-20-9-14-8-19(4-6-22-17(14)12-20)11-16-3-2-5-21-16/h2-3,5,7,14,17H,4,6,8-12H2,1H3/t14-,17+/m0/s1. The molecular weight excluding hydrogens is 294 g/mol. The zero-order chi connectivity index (χ0) is 15.6. The molecule has 0 spiro atoms. The normalized spacial score (nSPS) is 26.3. The predicted octanol–water partition coefficient (Wildman–Crippen LogP) is 1.91. The highest BCUT2D eigenvalue weighted by atomic mass is 16.5. The molecular formula is C17H23N3O3. The van der Waals surface area contributed by atoms with Crippen molar-refractivity contribution in [3.05, 3.63) is 41.7 Å². The highest BCUT2D eigenvalue weighted by Gasteiger charge is 2.36. The predicted molar refractivity (Wildman–Crippen MR) is 83.7 cm³/mol. The summed E-state index contributed by atoms with van der Waals surface area (Å²) in [5.41, 5.74) is 1.01. The van der Waals surface area contributed by atoms with Crippen molar-refractivity contribution in [2.24, 2.45) is 5.92 Å². The largest absolute Gasteiger partial charge is 0.468 e. The molecule has 0 saturated carbocycles. The summed E-state index contributed by atoms with van der Waals surface area (Å²) >= 11 is 0. The van der Waals surface area contributed by atoms with E-state index in [1.807, 2.05) is 25.1 Å². The van der Waals surface area contributed by atoms with Gasteiger partial charge >= 0.3 is 0 Å². The quantitative estimate of drug-likeness (QED) is 0.858. The van der Waals surface area contributed by atoms with E-state index in [4.69, 9.17) is 13.7 Å². The van der Waals surface area contributed by atoms with Gasteiger partial charge in [-0.3, -0.25) is 9.80 Å². The Bertz CT molecular complexity index is 625. The lowest BCUT2D eigenvalue weighted by Crippen LogP contribution is -2.32. The van der Waals surface area contributed by atoms with E-state index in [9.17, 15) is 0 Å². The van der Waals surface area contributed by atoms with Crippen molar-refractivity contribution >= 4 is 0 Å². The number of ether oxygens (including phenoxy) is 1. The Labute approximate surface area is 136 Å². The van der Waals surface area contributed by atoms with Crippen molar-refractivity contribution in [2.45, 2.75) is 26.1 Å². The zero-order valence-corrected chi connectivity index (χ0v) is 13.5. The van der Waals surface area contributed by atoms with Crippen LogP contribution in [0.1, 0.15) is 17.2 Å². The van der Waals surface area contributed by atoms with Gasteiger partial charge in [0.1, 0.15) is 11.5 Å². The van der Waals surface area contributed by atoms with E-state index in [0.717, 1.165) is 63.1 Å². The number of fused-ring (bicyclic) bond motifs is 1. The van der Waals surface area contributed by atoms with Crippen molar-refractivity contribution in [2.75, 3.05) is 32.8 Å². The summed E-state index contributed by atoms with van der Waals surface area (Å²) in [5, 5.41) is 4.10. The summed E-state index contributed by atoms with van der Waals surface area (Å²) in [6.45, 7) is 8.47. The van der Waals surface area contributed by atoms with Gasteiger partial charge in [0.2, 0.25) is 0 Å². The first kappa shape index (κ1) is 14.9. The molecule has 124 valence electrons. The van der Waals surface area contributed by atoms with Crippen LogP contribution in [0.2, 0.25) is 0 Å². The van der Waals surface area contributed by atoms with Crippen molar-refractivity contribution in [3.8, 4) is 0 Å². The average molecular weight is 317 g/mol. The molecule has 6 heteroatoms. The van der Waals surface area contributed by atoms with Gasteiger partial charge in [0, 0.05) is 44.7 Å². The molecule has 2 atom stereocenters. The van der Waals surface area contributed by atoms with E-state index >= 15 is 0 Å². The Morgan fingerprint density at radius 1 is 1.22 bits per heavy atom. The molecule has 2 aliphatic rings. The van der Waals surface area contributed by atoms with Crippen LogP contribution in [0.25, 0.3) is 0 Å². The van der Waals surface area contributed by atoms with Crippen LogP contribution in [0.4, 0.5) is 0 Å². The first-order chi connectivity index (χ1) is 11.3. The van der Waals surface area contributed by atoms with E-state index in [2.05, 4.69) is 15.0 Å². The Kier molecular flexibility index (Phi) is 4.20. The lowest BCUT2D eigenvalue weighted by Gasteiger charge is -2.22. The Balaban J connectivity index is 1.36. The maximum absolute atomic E-state index is 6.09. The summed E-state index contributed by atoms with van der Waals surface area (Å²) in [6.07, 6.45) is 2.06. The van der Waals surface area contributed by atoms with Crippen molar-refractivity contribution in [3.63, 3.8) is 0 Å². The summed E-state index contributed by atoms with van der Waals surface area (Å²) < 4.78 is 16.7. The molecule has 0 radical (unpaired) electrons. The van der Waals surface area contributed by atoms with Gasteiger partial charge in [-0.1, -0.05) is 5.16 Å². The van der Waals surface area contributed by atoms with Crippen molar-refractivity contribution < 1.29 is 13.7 Å². The molecule has 2 saturated heterocycles. The zero-order valence-electron chi connectivity index (χ0n) is 13.5. The van der Waals surface area contributed by atoms with Crippen LogP contribution in [0, 0.1) is 12.8 Å². The van der Waals surface area contributed by atoms with Gasteiger partial charge in [-0.05, 0) is 19.1 Å². The monoisotopic (exact) mass is 317 g/mol. The van der Waals surface area contributed by atoms with Crippen LogP contribution >= 0.6 is 0 Å². The fourth-order valence-electron chi connectivity index (χ4n) is 3.66. The fraction of sp³-hybridized carbons (Fsp3) is 0.588. The van der Waals surface area contributed by atoms with Gasteiger partial charge in [-0.2, -0.15) is 0 Å². The van der Waals surface area contributed by atoms with Gasteiger partial charge in [0.15, 0.2) is 0 Å². The van der Waals surface area contributed by atoms with E-state index in [1.54, 1.807) is 6.26 Å². The molecule has 23 heavy (non-hydrogen) atoms. The molecule has 0 N–H and O–H groups in total. The summed E-state index contributed by atoms with van der Waals surface area (Å²) in [7, 11) is 0. The SMILES string of the molecule is Cc1cc(CN2C[C@@H]3CN(Cc4ccco4)CCO[C@@H]3C2)no1. The van der Waals surface area contributed by atoms with Gasteiger partial charge in [-0.25, -0.2) is 0 Å². The van der Waals surface area contributed by atoms with Crippen LogP contribution in [0.15, 0.2) is 33.4 Å². The number of nitrogens with zero attached hydrogens (tertiary/aromatic N) is 3. The lowest BCUT2D eigenvalue weighted by atomic mass is 10.1. The minimum absolute atomic E-state index is 0.324. The smallest absolute Gasteiger partial charge is 0.133 e. The number of hydrogen-bond acceptors (Lipinski definition) is 6. The molecule has 2 aromatic rings. The molecule has 0 amide bonds. The van der Waals surface area contributed by atoms with Gasteiger partial charge < -0.3 is 13.7 Å². The second-order valence-electron chi connectivity index (χ2n) is 6.61. The maximum Gasteiger partial charge on any atom is 0.133 e. The van der Waals surface area contributed by atoms with Crippen molar-refractivity contribution in [1.82, 2.24) is 15.0 Å². The third-order valence-corrected chi connectivity index (χ3v) is 4.71. The van der Waals surface area contributed by atoms with Crippen LogP contribution in [0.5, 0.6) is 0 Å². The molecule has 2 fully saturated rings. The molecule has 4 rings (SSSR count). The van der Waals surface area contributed by atoms with Crippen LogP contribution in [0.3, 0.4) is 0 Å². The molecule has 6 nitrogen and oxygen atoms in total. The average Bonchev–Trinajstić information content (AvgIpc) is 3.22. The van der Waals surface area contributed by atoms with E-state index in [0.29, 0.717) is 12.0 Å². The number of aromatic nitrogens is 1. The van der Waals surface area contributed by atoms with E-state index < -0.39 is 0 Å². The number of likely N-dealkylation sites (tertiary alicyclic amines) is 1. The number of rotatable bonds is 4. The third kappa shape index (κ3) is 3.49. The first-order valence-electron chi connectivity index (χ1n) is 8.27. The molecule has 2 aromatic heterocycles. The van der Waals surface area contributed by atoms with E-state index in [1.165, 1.54) is 0 Å². The molecule has 4 heterocycles. The van der Waals surface area contributed by atoms with Gasteiger partial charge in [0.25, 0.3) is 0 Å². The molecule has 2 aliphatic heterocycles. The molecule has 0 bridgehead atoms. The Hall–Kier alpha value is -1.63. The summed E-state index contributed by atoms with van der Waals surface area (Å²) in [5.74, 6) is 2.44.